The Labute approximate surface area is 164 Å². The molecule has 1 aliphatic rings. The molecule has 4 atom stereocenters. The van der Waals surface area contributed by atoms with Crippen LogP contribution < -0.4 is 11.2 Å². The summed E-state index contributed by atoms with van der Waals surface area (Å²) in [7, 11) is 0. The molecule has 0 unspecified atom stereocenters. The Morgan fingerprint density at radius 1 is 1.28 bits per heavy atom. The van der Waals surface area contributed by atoms with Gasteiger partial charge in [0, 0.05) is 17.8 Å². The highest BCUT2D eigenvalue weighted by molar-refractivity contribution is 6.06. The van der Waals surface area contributed by atoms with Crippen molar-refractivity contribution in [3.8, 4) is 0 Å². The summed E-state index contributed by atoms with van der Waals surface area (Å²) >= 11 is 0. The Kier molecular flexibility index (Phi) is 5.08. The lowest BCUT2D eigenvalue weighted by Crippen LogP contribution is -2.63. The number of benzene rings is 1. The van der Waals surface area contributed by atoms with Gasteiger partial charge in [0.2, 0.25) is 11.4 Å². The number of H-pyrrole nitrogens is 1. The molecule has 1 fully saturated rings. The predicted octanol–water partition coefficient (Wildman–Crippen LogP) is -0.592. The normalized spacial score (nSPS) is 29.2. The minimum Gasteiger partial charge on any atom is -0.394 e. The lowest BCUT2D eigenvalue weighted by atomic mass is 9.81. The number of hydrogen-bond acceptors (Lipinski definition) is 7. The Balaban J connectivity index is 2.28. The van der Waals surface area contributed by atoms with Crippen molar-refractivity contribution in [2.75, 3.05) is 6.61 Å². The first-order chi connectivity index (χ1) is 13.5. The molecule has 9 nitrogen and oxygen atoms in total. The fourth-order valence-corrected chi connectivity index (χ4v) is 3.83. The minimum absolute atomic E-state index is 0.0566. The van der Waals surface area contributed by atoms with Crippen LogP contribution in [0.1, 0.15) is 27.0 Å². The van der Waals surface area contributed by atoms with E-state index in [4.69, 9.17) is 4.74 Å². The van der Waals surface area contributed by atoms with Crippen molar-refractivity contribution in [3.05, 3.63) is 67.5 Å². The molecule has 1 aromatic carbocycles. The number of aliphatic hydroxyl groups excluding tert-OH is 2. The van der Waals surface area contributed by atoms with Crippen LogP contribution in [-0.4, -0.2) is 55.1 Å². The van der Waals surface area contributed by atoms with E-state index >= 15 is 4.39 Å². The Bertz CT molecular complexity index is 1070. The number of ether oxygens (including phenoxy) is 1. The van der Waals surface area contributed by atoms with Crippen molar-refractivity contribution in [2.45, 2.75) is 44.6 Å². The van der Waals surface area contributed by atoms with Gasteiger partial charge in [0.05, 0.1) is 6.61 Å². The third kappa shape index (κ3) is 2.96. The van der Waals surface area contributed by atoms with Crippen molar-refractivity contribution in [1.29, 1.82) is 0 Å². The number of rotatable bonds is 4. The molecule has 1 saturated heterocycles. The van der Waals surface area contributed by atoms with Crippen LogP contribution in [0.3, 0.4) is 0 Å². The molecule has 0 aliphatic carbocycles. The van der Waals surface area contributed by atoms with Crippen molar-refractivity contribution in [2.24, 2.45) is 0 Å². The highest BCUT2D eigenvalue weighted by atomic mass is 19.2. The number of aromatic amines is 1. The number of carbonyl (C=O) groups excluding carboxylic acids is 1. The molecule has 0 bridgehead atoms. The summed E-state index contributed by atoms with van der Waals surface area (Å²) in [5.74, 6) is -4.82. The third-order valence-electron chi connectivity index (χ3n) is 5.12. The second-order valence-electron chi connectivity index (χ2n) is 7.19. The van der Waals surface area contributed by atoms with E-state index < -0.39 is 47.4 Å². The zero-order valence-corrected chi connectivity index (χ0v) is 16.0. The van der Waals surface area contributed by atoms with Crippen LogP contribution in [0.5, 0.6) is 0 Å². The molecule has 4 N–H and O–H groups in total. The SMILES string of the molecule is Cc1cc(C)c(C(=O)[C@@]2(O)[C@H](O)[C@@H](CO)O[C@@]2(F)n2ccc(=O)[nH]c2=O)c(C)c1. The summed E-state index contributed by atoms with van der Waals surface area (Å²) in [6.07, 6.45) is -3.22. The van der Waals surface area contributed by atoms with E-state index in [9.17, 15) is 29.7 Å². The van der Waals surface area contributed by atoms with Gasteiger partial charge in [-0.15, -0.1) is 0 Å². The van der Waals surface area contributed by atoms with Gasteiger partial charge in [0.15, 0.2) is 0 Å². The lowest BCUT2D eigenvalue weighted by Gasteiger charge is -2.35. The maximum Gasteiger partial charge on any atom is 0.337 e. The van der Waals surface area contributed by atoms with Gasteiger partial charge in [0.25, 0.3) is 5.56 Å². The predicted molar refractivity (Wildman–Crippen MR) is 98.3 cm³/mol. The topological polar surface area (TPSA) is 142 Å². The molecule has 3 rings (SSSR count). The molecule has 0 radical (unpaired) electrons. The van der Waals surface area contributed by atoms with Crippen molar-refractivity contribution < 1.29 is 29.2 Å². The van der Waals surface area contributed by atoms with Gasteiger partial charge in [-0.1, -0.05) is 17.7 Å². The summed E-state index contributed by atoms with van der Waals surface area (Å²) in [4.78, 5) is 38.7. The summed E-state index contributed by atoms with van der Waals surface area (Å²) in [5.41, 5.74) is -3.84. The molecular weight excluding hydrogens is 387 g/mol. The number of halogens is 1. The van der Waals surface area contributed by atoms with E-state index in [1.807, 2.05) is 0 Å². The number of nitrogens with one attached hydrogen (secondary N) is 1. The second-order valence-corrected chi connectivity index (χ2v) is 7.19. The van der Waals surface area contributed by atoms with Crippen molar-refractivity contribution in [1.82, 2.24) is 9.55 Å². The van der Waals surface area contributed by atoms with Gasteiger partial charge < -0.3 is 20.1 Å². The fourth-order valence-electron chi connectivity index (χ4n) is 3.83. The van der Waals surface area contributed by atoms with Crippen LogP contribution in [0.25, 0.3) is 0 Å². The average molecular weight is 408 g/mol. The van der Waals surface area contributed by atoms with Gasteiger partial charge in [-0.3, -0.25) is 14.6 Å². The van der Waals surface area contributed by atoms with E-state index in [1.54, 1.807) is 37.9 Å². The first-order valence-electron chi connectivity index (χ1n) is 8.80. The zero-order valence-electron chi connectivity index (χ0n) is 16.0. The monoisotopic (exact) mass is 408 g/mol. The van der Waals surface area contributed by atoms with Gasteiger partial charge in [-0.05, 0) is 31.9 Å². The molecule has 1 aromatic heterocycles. The number of ketones is 1. The van der Waals surface area contributed by atoms with E-state index in [0.29, 0.717) is 17.3 Å². The summed E-state index contributed by atoms with van der Waals surface area (Å²) in [5, 5.41) is 31.2. The number of hydrogen-bond donors (Lipinski definition) is 4. The molecule has 10 heteroatoms. The van der Waals surface area contributed by atoms with Crippen LogP contribution in [0.4, 0.5) is 4.39 Å². The number of aryl methyl sites for hydroxylation is 3. The molecule has 0 saturated carbocycles. The maximum absolute atomic E-state index is 16.1. The van der Waals surface area contributed by atoms with Crippen LogP contribution in [0, 0.1) is 20.8 Å². The van der Waals surface area contributed by atoms with Crippen LogP contribution in [0.15, 0.2) is 34.0 Å². The van der Waals surface area contributed by atoms with E-state index in [-0.39, 0.29) is 10.1 Å². The number of Topliss-reactive ketones (excluding diaryl/α,β-unsaturated/α-hetero) is 1. The number of aromatic nitrogens is 2. The van der Waals surface area contributed by atoms with Crippen LogP contribution in [0.2, 0.25) is 0 Å². The first kappa shape index (κ1) is 21.1. The molecule has 2 aromatic rings. The van der Waals surface area contributed by atoms with Gasteiger partial charge >= 0.3 is 11.7 Å². The Morgan fingerprint density at radius 2 is 1.86 bits per heavy atom. The number of aliphatic hydroxyl groups is 3. The largest absolute Gasteiger partial charge is 0.394 e. The van der Waals surface area contributed by atoms with E-state index in [2.05, 4.69) is 0 Å². The summed E-state index contributed by atoms with van der Waals surface area (Å²) < 4.78 is 21.3. The highest BCUT2D eigenvalue weighted by Gasteiger charge is 2.72. The molecule has 0 spiro atoms. The quantitative estimate of drug-likeness (QED) is 0.495. The molecular formula is C19H21FN2O7. The molecule has 156 valence electrons. The Morgan fingerprint density at radius 3 is 2.38 bits per heavy atom. The summed E-state index contributed by atoms with van der Waals surface area (Å²) in [6.45, 7) is 4.01. The van der Waals surface area contributed by atoms with Crippen LogP contribution >= 0.6 is 0 Å². The number of alkyl halides is 1. The molecule has 29 heavy (non-hydrogen) atoms. The highest BCUT2D eigenvalue weighted by Crippen LogP contribution is 2.46. The smallest absolute Gasteiger partial charge is 0.337 e. The van der Waals surface area contributed by atoms with Gasteiger partial charge in [0.1, 0.15) is 12.2 Å². The number of nitrogens with zero attached hydrogens (tertiary/aromatic N) is 1. The standard InChI is InChI=1S/C19H21FN2O7/c1-9-6-10(2)14(11(3)7-9)16(26)18(28)15(25)12(8-23)29-19(18,20)22-5-4-13(24)21-17(22)27/h4-7,12,15,23,25,28H,8H2,1-3H3,(H,21,24,27)/t12-,15-,18+,19+/m1/s1. The van der Waals surface area contributed by atoms with Gasteiger partial charge in [-0.25, -0.2) is 9.36 Å². The first-order valence-corrected chi connectivity index (χ1v) is 8.80. The average Bonchev–Trinajstić information content (AvgIpc) is 2.83. The van der Waals surface area contributed by atoms with E-state index in [0.717, 1.165) is 11.6 Å². The van der Waals surface area contributed by atoms with Crippen molar-refractivity contribution in [3.63, 3.8) is 0 Å². The molecule has 1 aliphatic heterocycles. The Hall–Kier alpha value is -2.66. The zero-order chi connectivity index (χ0) is 21.7. The minimum atomic E-state index is -3.60. The summed E-state index contributed by atoms with van der Waals surface area (Å²) in [6, 6.07) is 4.07. The number of carbonyl (C=O) groups is 1. The molecule has 2 heterocycles. The fraction of sp³-hybridized carbons (Fsp3) is 0.421. The lowest BCUT2D eigenvalue weighted by molar-refractivity contribution is -0.262. The van der Waals surface area contributed by atoms with E-state index in [1.165, 1.54) is 0 Å². The maximum atomic E-state index is 16.1. The molecule has 0 amide bonds. The second kappa shape index (κ2) is 6.99. The van der Waals surface area contributed by atoms with Gasteiger partial charge in [-0.2, -0.15) is 4.39 Å². The van der Waals surface area contributed by atoms with Crippen molar-refractivity contribution >= 4 is 5.78 Å². The van der Waals surface area contributed by atoms with Crippen LogP contribution in [-0.2, 0) is 10.7 Å². The third-order valence-corrected chi connectivity index (χ3v) is 5.12.